The summed E-state index contributed by atoms with van der Waals surface area (Å²) in [5, 5.41) is 32.9. The minimum atomic E-state index is -0.593. The van der Waals surface area contributed by atoms with Gasteiger partial charge in [-0.2, -0.15) is 9.78 Å². The highest BCUT2D eigenvalue weighted by Crippen LogP contribution is 2.58. The lowest BCUT2D eigenvalue weighted by Crippen LogP contribution is -2.62. The fourth-order valence-corrected chi connectivity index (χ4v) is 8.77. The molecule has 0 spiro atoms. The van der Waals surface area contributed by atoms with E-state index < -0.39 is 5.60 Å². The van der Waals surface area contributed by atoms with Gasteiger partial charge in [0.15, 0.2) is 11.3 Å². The molecule has 2 unspecified atom stereocenters. The molecule has 11 nitrogen and oxygen atoms in total. The highest BCUT2D eigenvalue weighted by molar-refractivity contribution is 5.76. The molecule has 3 aromatic heterocycles. The molecule has 3 aromatic rings. The first-order chi connectivity index (χ1) is 19.6. The smallest absolute Gasteiger partial charge is 0.220 e. The van der Waals surface area contributed by atoms with E-state index in [1.54, 1.807) is 11.4 Å². The molecule has 214 valence electrons. The Kier molecular flexibility index (Phi) is 5.91. The van der Waals surface area contributed by atoms with Crippen LogP contribution < -0.4 is 15.5 Å². The number of aliphatic hydroxyl groups is 1. The Labute approximate surface area is 239 Å². The number of rotatable bonds is 5. The number of carbonyl (C=O) groups is 1. The molecule has 1 saturated heterocycles. The fraction of sp³-hybridized carbons (Fsp3) is 0.567. The molecule has 0 radical (unpaired) electrons. The van der Waals surface area contributed by atoms with Gasteiger partial charge in [-0.25, -0.2) is 9.97 Å². The van der Waals surface area contributed by atoms with Crippen LogP contribution in [-0.4, -0.2) is 71.8 Å². The lowest BCUT2D eigenvalue weighted by molar-refractivity contribution is -0.133. The summed E-state index contributed by atoms with van der Waals surface area (Å²) < 4.78 is 1.58. The van der Waals surface area contributed by atoms with Crippen molar-refractivity contribution in [1.29, 1.82) is 5.26 Å². The second-order valence-electron chi connectivity index (χ2n) is 13.1. The number of fused-ring (bicyclic) bond motifs is 1. The second kappa shape index (κ2) is 9.31. The highest BCUT2D eigenvalue weighted by atomic mass is 16.3. The van der Waals surface area contributed by atoms with E-state index in [0.29, 0.717) is 53.6 Å². The van der Waals surface area contributed by atoms with Crippen LogP contribution in [0.15, 0.2) is 30.5 Å². The zero-order chi connectivity index (χ0) is 28.5. The quantitative estimate of drug-likeness (QED) is 0.431. The normalized spacial score (nSPS) is 32.3. The molecule has 41 heavy (non-hydrogen) atoms. The lowest BCUT2D eigenvalue weighted by atomic mass is 9.51. The van der Waals surface area contributed by atoms with Crippen molar-refractivity contribution in [1.82, 2.24) is 24.5 Å². The van der Waals surface area contributed by atoms with Crippen molar-refractivity contribution in [3.63, 3.8) is 0 Å². The summed E-state index contributed by atoms with van der Waals surface area (Å²) in [7, 11) is 0. The van der Waals surface area contributed by atoms with Crippen molar-refractivity contribution >= 4 is 34.7 Å². The van der Waals surface area contributed by atoms with E-state index in [4.69, 9.17) is 10.1 Å². The van der Waals surface area contributed by atoms with Crippen LogP contribution in [0.1, 0.15) is 65.0 Å². The van der Waals surface area contributed by atoms with Crippen LogP contribution in [0.3, 0.4) is 0 Å². The molecule has 4 saturated carbocycles. The summed E-state index contributed by atoms with van der Waals surface area (Å²) in [5.74, 6) is 3.31. The van der Waals surface area contributed by atoms with Gasteiger partial charge in [0, 0.05) is 43.7 Å². The highest BCUT2D eigenvalue weighted by Gasteiger charge is 2.57. The molecule has 4 heterocycles. The lowest BCUT2D eigenvalue weighted by Gasteiger charge is -2.60. The monoisotopic (exact) mass is 555 g/mol. The van der Waals surface area contributed by atoms with E-state index in [0.717, 1.165) is 37.9 Å². The molecule has 4 atom stereocenters. The summed E-state index contributed by atoms with van der Waals surface area (Å²) in [4.78, 5) is 25.7. The summed E-state index contributed by atoms with van der Waals surface area (Å²) in [6.07, 6.45) is 7.31. The maximum Gasteiger partial charge on any atom is 0.220 e. The SMILES string of the molecule is CC(=O)N1[C@H](C)CN(c2cccc(Nc3cc(NC45CC6CC(CC(O)(C6)C4)C5)nn4c(C#N)cnc34)n2)C[C@@H]1C. The first-order valence-corrected chi connectivity index (χ1v) is 14.7. The molecule has 3 N–H and O–H groups in total. The number of nitrogens with one attached hydrogen (secondary N) is 2. The molecular formula is C30H37N9O2. The van der Waals surface area contributed by atoms with Gasteiger partial charge >= 0.3 is 0 Å². The molecule has 8 rings (SSSR count). The number of aromatic nitrogens is 4. The van der Waals surface area contributed by atoms with Crippen LogP contribution >= 0.6 is 0 Å². The van der Waals surface area contributed by atoms with Crippen molar-refractivity contribution in [2.24, 2.45) is 11.8 Å². The number of anilines is 4. The van der Waals surface area contributed by atoms with E-state index >= 15 is 0 Å². The van der Waals surface area contributed by atoms with Gasteiger partial charge in [0.1, 0.15) is 23.5 Å². The topological polar surface area (TPSA) is 135 Å². The molecule has 5 fully saturated rings. The summed E-state index contributed by atoms with van der Waals surface area (Å²) in [6.45, 7) is 7.18. The number of imidazole rings is 1. The Morgan fingerprint density at radius 3 is 2.51 bits per heavy atom. The maximum atomic E-state index is 12.1. The summed E-state index contributed by atoms with van der Waals surface area (Å²) in [6, 6.07) is 10.2. The number of hydrogen-bond acceptors (Lipinski definition) is 9. The number of amides is 1. The Bertz CT molecular complexity index is 1540. The predicted octanol–water partition coefficient (Wildman–Crippen LogP) is 3.68. The van der Waals surface area contributed by atoms with Gasteiger partial charge in [0.2, 0.25) is 5.91 Å². The van der Waals surface area contributed by atoms with E-state index in [9.17, 15) is 15.2 Å². The maximum absolute atomic E-state index is 12.1. The predicted molar refractivity (Wildman–Crippen MR) is 155 cm³/mol. The van der Waals surface area contributed by atoms with Gasteiger partial charge < -0.3 is 25.5 Å². The third-order valence-electron chi connectivity index (χ3n) is 9.61. The van der Waals surface area contributed by atoms with Crippen LogP contribution in [0.2, 0.25) is 0 Å². The second-order valence-corrected chi connectivity index (χ2v) is 13.1. The third-order valence-corrected chi connectivity index (χ3v) is 9.61. The van der Waals surface area contributed by atoms with Crippen LogP contribution in [0.25, 0.3) is 5.65 Å². The number of hydrogen-bond donors (Lipinski definition) is 3. The number of pyridine rings is 1. The van der Waals surface area contributed by atoms with Gasteiger partial charge in [0.05, 0.1) is 17.5 Å². The van der Waals surface area contributed by atoms with Gasteiger partial charge in [-0.1, -0.05) is 6.07 Å². The average molecular weight is 556 g/mol. The molecule has 1 amide bonds. The van der Waals surface area contributed by atoms with Crippen LogP contribution in [0, 0.1) is 23.2 Å². The minimum absolute atomic E-state index is 0.0834. The zero-order valence-corrected chi connectivity index (χ0v) is 23.8. The zero-order valence-electron chi connectivity index (χ0n) is 23.8. The van der Waals surface area contributed by atoms with E-state index in [-0.39, 0.29) is 23.5 Å². The fourth-order valence-electron chi connectivity index (χ4n) is 8.77. The molecule has 4 aliphatic carbocycles. The standard InChI is InChI=1S/C30H37N9O2/c1-18-15-37(16-19(2)38(18)20(3)40)27-6-4-5-25(34-27)33-24-8-26(36-39-23(13-31)14-32-28(24)39)35-29-9-21-7-22(10-29)12-30(41,11-21)17-29/h4-6,8,14,18-19,21-22,41H,7,9-12,15-17H2,1-3H3,(H,33,34)(H,35,36)/t18-,19+,21?,22?,29?,30?. The summed E-state index contributed by atoms with van der Waals surface area (Å²) >= 11 is 0. The van der Waals surface area contributed by atoms with Gasteiger partial charge in [-0.15, -0.1) is 5.10 Å². The average Bonchev–Trinajstić information content (AvgIpc) is 3.30. The van der Waals surface area contributed by atoms with Crippen molar-refractivity contribution in [3.05, 3.63) is 36.2 Å². The first kappa shape index (κ1) is 26.0. The molecule has 11 heteroatoms. The van der Waals surface area contributed by atoms with Gasteiger partial charge in [-0.05, 0) is 76.3 Å². The Balaban J connectivity index is 1.19. The van der Waals surface area contributed by atoms with Crippen LogP contribution in [0.4, 0.5) is 23.1 Å². The number of nitriles is 1. The number of carbonyl (C=O) groups excluding carboxylic acids is 1. The molecule has 4 bridgehead atoms. The third kappa shape index (κ3) is 4.54. The number of piperazine rings is 1. The van der Waals surface area contributed by atoms with Crippen LogP contribution in [-0.2, 0) is 4.79 Å². The number of nitrogens with zero attached hydrogens (tertiary/aromatic N) is 7. The van der Waals surface area contributed by atoms with Crippen molar-refractivity contribution in [2.75, 3.05) is 28.6 Å². The van der Waals surface area contributed by atoms with E-state index in [1.165, 1.54) is 12.6 Å². The van der Waals surface area contributed by atoms with Crippen molar-refractivity contribution in [2.45, 2.75) is 82.5 Å². The Morgan fingerprint density at radius 1 is 1.12 bits per heavy atom. The molecule has 5 aliphatic rings. The van der Waals surface area contributed by atoms with Crippen LogP contribution in [0.5, 0.6) is 0 Å². The van der Waals surface area contributed by atoms with Crippen molar-refractivity contribution < 1.29 is 9.90 Å². The van der Waals surface area contributed by atoms with Gasteiger partial charge in [0.25, 0.3) is 0 Å². The van der Waals surface area contributed by atoms with Gasteiger partial charge in [-0.3, -0.25) is 4.79 Å². The Morgan fingerprint density at radius 2 is 1.85 bits per heavy atom. The molecule has 0 aromatic carbocycles. The Hall–Kier alpha value is -3.91. The molecule has 1 aliphatic heterocycles. The van der Waals surface area contributed by atoms with E-state index in [2.05, 4.69) is 40.4 Å². The summed E-state index contributed by atoms with van der Waals surface area (Å²) in [5.41, 5.74) is 0.798. The van der Waals surface area contributed by atoms with E-state index in [1.807, 2.05) is 29.2 Å². The largest absolute Gasteiger partial charge is 0.390 e. The minimum Gasteiger partial charge on any atom is -0.390 e. The molecular weight excluding hydrogens is 518 g/mol. The van der Waals surface area contributed by atoms with Crippen molar-refractivity contribution in [3.8, 4) is 6.07 Å². The first-order valence-electron chi connectivity index (χ1n) is 14.7.